The standard InChI is InChI=1S/C22H17FN2O2/c1-13-3-4-14(2)20(11-13)24-22(26)16-7-10-19-18(12-16)21(27-25-19)15-5-8-17(23)9-6-15/h3-12H,1-2H3,(H,24,26). The number of rotatable bonds is 3. The van der Waals surface area contributed by atoms with Crippen molar-refractivity contribution < 1.29 is 13.7 Å². The molecule has 0 aliphatic carbocycles. The predicted octanol–water partition coefficient (Wildman–Crippen LogP) is 5.50. The Morgan fingerprint density at radius 3 is 2.56 bits per heavy atom. The Hall–Kier alpha value is -3.47. The lowest BCUT2D eigenvalue weighted by Crippen LogP contribution is -2.12. The first-order valence-electron chi connectivity index (χ1n) is 8.55. The molecule has 5 heteroatoms. The summed E-state index contributed by atoms with van der Waals surface area (Å²) < 4.78 is 18.6. The van der Waals surface area contributed by atoms with Crippen LogP contribution in [0.15, 0.2) is 65.2 Å². The van der Waals surface area contributed by atoms with Crippen molar-refractivity contribution in [3.05, 3.63) is 83.2 Å². The second-order valence-corrected chi connectivity index (χ2v) is 6.52. The minimum absolute atomic E-state index is 0.211. The van der Waals surface area contributed by atoms with Gasteiger partial charge in [0.15, 0.2) is 5.76 Å². The fraction of sp³-hybridized carbons (Fsp3) is 0.0909. The molecule has 0 fully saturated rings. The molecule has 27 heavy (non-hydrogen) atoms. The van der Waals surface area contributed by atoms with Crippen LogP contribution in [0.1, 0.15) is 21.5 Å². The first-order valence-corrected chi connectivity index (χ1v) is 8.55. The van der Waals surface area contributed by atoms with Crippen LogP contribution in [0.5, 0.6) is 0 Å². The Morgan fingerprint density at radius 2 is 1.78 bits per heavy atom. The van der Waals surface area contributed by atoms with Gasteiger partial charge >= 0.3 is 0 Å². The molecule has 4 aromatic rings. The minimum Gasteiger partial charge on any atom is -0.355 e. The Bertz CT molecular complexity index is 1150. The van der Waals surface area contributed by atoms with E-state index in [-0.39, 0.29) is 11.7 Å². The molecule has 1 N–H and O–H groups in total. The molecular weight excluding hydrogens is 343 g/mol. The van der Waals surface area contributed by atoms with Gasteiger partial charge in [-0.1, -0.05) is 17.3 Å². The van der Waals surface area contributed by atoms with Crippen molar-refractivity contribution >= 4 is 22.5 Å². The van der Waals surface area contributed by atoms with Crippen LogP contribution in [0.25, 0.3) is 22.2 Å². The number of nitrogens with zero attached hydrogens (tertiary/aromatic N) is 1. The fourth-order valence-electron chi connectivity index (χ4n) is 2.96. The number of aryl methyl sites for hydroxylation is 2. The van der Waals surface area contributed by atoms with Crippen LogP contribution in [0.2, 0.25) is 0 Å². The van der Waals surface area contributed by atoms with Crippen LogP contribution < -0.4 is 5.32 Å². The largest absolute Gasteiger partial charge is 0.355 e. The molecule has 0 bridgehead atoms. The van der Waals surface area contributed by atoms with Crippen molar-refractivity contribution in [1.82, 2.24) is 5.16 Å². The van der Waals surface area contributed by atoms with E-state index in [4.69, 9.17) is 4.52 Å². The molecule has 4 nitrogen and oxygen atoms in total. The average molecular weight is 360 g/mol. The second kappa shape index (κ2) is 6.68. The van der Waals surface area contributed by atoms with Gasteiger partial charge in [-0.3, -0.25) is 4.79 Å². The molecule has 0 spiro atoms. The van der Waals surface area contributed by atoms with Crippen molar-refractivity contribution in [2.75, 3.05) is 5.32 Å². The highest BCUT2D eigenvalue weighted by Gasteiger charge is 2.15. The average Bonchev–Trinajstić information content (AvgIpc) is 3.08. The zero-order valence-electron chi connectivity index (χ0n) is 14.9. The maximum absolute atomic E-state index is 13.2. The van der Waals surface area contributed by atoms with E-state index in [1.165, 1.54) is 12.1 Å². The first kappa shape index (κ1) is 17.0. The van der Waals surface area contributed by atoms with E-state index in [1.807, 2.05) is 32.0 Å². The van der Waals surface area contributed by atoms with Crippen LogP contribution in [0.4, 0.5) is 10.1 Å². The highest BCUT2D eigenvalue weighted by atomic mass is 19.1. The number of nitrogens with one attached hydrogen (secondary N) is 1. The molecule has 0 aliphatic heterocycles. The predicted molar refractivity (Wildman–Crippen MR) is 103 cm³/mol. The molecule has 1 amide bonds. The van der Waals surface area contributed by atoms with Crippen molar-refractivity contribution in [3.8, 4) is 11.3 Å². The molecule has 0 atom stereocenters. The molecule has 1 heterocycles. The number of carbonyl (C=O) groups excluding carboxylic acids is 1. The van der Waals surface area contributed by atoms with Gasteiger partial charge < -0.3 is 9.84 Å². The summed E-state index contributed by atoms with van der Waals surface area (Å²) in [6, 6.07) is 17.1. The molecule has 0 saturated carbocycles. The van der Waals surface area contributed by atoms with Crippen LogP contribution in [0.3, 0.4) is 0 Å². The topological polar surface area (TPSA) is 55.1 Å². The molecular formula is C22H17FN2O2. The Morgan fingerprint density at radius 1 is 1.00 bits per heavy atom. The Balaban J connectivity index is 1.70. The van der Waals surface area contributed by atoms with E-state index < -0.39 is 0 Å². The molecule has 1 aromatic heterocycles. The lowest BCUT2D eigenvalue weighted by molar-refractivity contribution is 0.102. The Labute approximate surface area is 155 Å². The van der Waals surface area contributed by atoms with Gasteiger partial charge in [-0.2, -0.15) is 0 Å². The summed E-state index contributed by atoms with van der Waals surface area (Å²) in [6.07, 6.45) is 0. The van der Waals surface area contributed by atoms with Crippen LogP contribution in [-0.4, -0.2) is 11.1 Å². The smallest absolute Gasteiger partial charge is 0.255 e. The highest BCUT2D eigenvalue weighted by Crippen LogP contribution is 2.30. The van der Waals surface area contributed by atoms with Gasteiger partial charge in [0.05, 0.1) is 5.39 Å². The molecule has 4 rings (SSSR count). The molecule has 0 radical (unpaired) electrons. The summed E-state index contributed by atoms with van der Waals surface area (Å²) in [4.78, 5) is 12.7. The van der Waals surface area contributed by atoms with Gasteiger partial charge in [0, 0.05) is 16.8 Å². The lowest BCUT2D eigenvalue weighted by Gasteiger charge is -2.09. The van der Waals surface area contributed by atoms with Crippen molar-refractivity contribution in [3.63, 3.8) is 0 Å². The molecule has 134 valence electrons. The van der Waals surface area contributed by atoms with E-state index in [0.717, 1.165) is 16.8 Å². The second-order valence-electron chi connectivity index (χ2n) is 6.52. The third kappa shape index (κ3) is 3.31. The van der Waals surface area contributed by atoms with E-state index in [9.17, 15) is 9.18 Å². The van der Waals surface area contributed by atoms with E-state index >= 15 is 0 Å². The van der Waals surface area contributed by atoms with Gasteiger partial charge in [0.25, 0.3) is 5.91 Å². The summed E-state index contributed by atoms with van der Waals surface area (Å²) in [5.41, 5.74) is 4.68. The van der Waals surface area contributed by atoms with Crippen LogP contribution in [-0.2, 0) is 0 Å². The maximum Gasteiger partial charge on any atom is 0.255 e. The van der Waals surface area contributed by atoms with Crippen LogP contribution >= 0.6 is 0 Å². The van der Waals surface area contributed by atoms with Crippen molar-refractivity contribution in [2.45, 2.75) is 13.8 Å². The zero-order chi connectivity index (χ0) is 19.0. The molecule has 0 unspecified atom stereocenters. The fourth-order valence-corrected chi connectivity index (χ4v) is 2.96. The summed E-state index contributed by atoms with van der Waals surface area (Å²) in [6.45, 7) is 3.93. The normalized spacial score (nSPS) is 10.9. The summed E-state index contributed by atoms with van der Waals surface area (Å²) in [7, 11) is 0. The number of anilines is 1. The van der Waals surface area contributed by atoms with Gasteiger partial charge in [-0.05, 0) is 73.5 Å². The molecule has 0 saturated heterocycles. The monoisotopic (exact) mass is 360 g/mol. The number of halogens is 1. The van der Waals surface area contributed by atoms with Crippen molar-refractivity contribution in [2.24, 2.45) is 0 Å². The first-order chi connectivity index (χ1) is 13.0. The maximum atomic E-state index is 13.2. The quantitative estimate of drug-likeness (QED) is 0.525. The number of aromatic nitrogens is 1. The number of fused-ring (bicyclic) bond motifs is 1. The summed E-state index contributed by atoms with van der Waals surface area (Å²) in [5, 5.41) is 7.68. The summed E-state index contributed by atoms with van der Waals surface area (Å²) >= 11 is 0. The molecule has 0 aliphatic rings. The van der Waals surface area contributed by atoms with Gasteiger partial charge in [-0.15, -0.1) is 0 Å². The Kier molecular flexibility index (Phi) is 4.20. The van der Waals surface area contributed by atoms with Gasteiger partial charge in [0.1, 0.15) is 11.3 Å². The zero-order valence-corrected chi connectivity index (χ0v) is 14.9. The van der Waals surface area contributed by atoms with Crippen molar-refractivity contribution in [1.29, 1.82) is 0 Å². The van der Waals surface area contributed by atoms with E-state index in [2.05, 4.69) is 10.5 Å². The number of carbonyl (C=O) groups is 1. The van der Waals surface area contributed by atoms with Gasteiger partial charge in [-0.25, -0.2) is 4.39 Å². The highest BCUT2D eigenvalue weighted by molar-refractivity contribution is 6.07. The third-order valence-corrected chi connectivity index (χ3v) is 4.49. The minimum atomic E-state index is -0.323. The SMILES string of the molecule is Cc1ccc(C)c(NC(=O)c2ccc3noc(-c4ccc(F)cc4)c3c2)c1. The lowest BCUT2D eigenvalue weighted by atomic mass is 10.1. The third-order valence-electron chi connectivity index (χ3n) is 4.49. The summed E-state index contributed by atoms with van der Waals surface area (Å²) in [5.74, 6) is -0.0283. The van der Waals surface area contributed by atoms with Crippen LogP contribution in [0, 0.1) is 19.7 Å². The number of benzene rings is 3. The molecule has 3 aromatic carbocycles. The number of hydrogen-bond acceptors (Lipinski definition) is 3. The van der Waals surface area contributed by atoms with E-state index in [0.29, 0.717) is 27.8 Å². The van der Waals surface area contributed by atoms with Gasteiger partial charge in [0.2, 0.25) is 0 Å². The van der Waals surface area contributed by atoms with E-state index in [1.54, 1.807) is 30.3 Å². The number of amides is 1. The number of hydrogen-bond donors (Lipinski definition) is 1.